The molecular formula is C24H30N2O6. The van der Waals surface area contributed by atoms with Crippen molar-refractivity contribution in [3.63, 3.8) is 0 Å². The van der Waals surface area contributed by atoms with E-state index in [4.69, 9.17) is 18.6 Å². The third-order valence-corrected chi connectivity index (χ3v) is 5.55. The van der Waals surface area contributed by atoms with Crippen molar-refractivity contribution in [1.29, 1.82) is 0 Å². The molecule has 1 atom stereocenters. The summed E-state index contributed by atoms with van der Waals surface area (Å²) in [4.78, 5) is 30.0. The number of carbonyl (C=O) groups is 2. The number of fused-ring (bicyclic) bond motifs is 1. The first-order valence-corrected chi connectivity index (χ1v) is 11.1. The quantitative estimate of drug-likeness (QED) is 0.593. The van der Waals surface area contributed by atoms with Crippen molar-refractivity contribution < 1.29 is 28.2 Å². The largest absolute Gasteiger partial charge is 0.467 e. The van der Waals surface area contributed by atoms with Gasteiger partial charge in [-0.2, -0.15) is 0 Å². The second-order valence-electron chi connectivity index (χ2n) is 8.64. The molecule has 2 aromatic rings. The summed E-state index contributed by atoms with van der Waals surface area (Å²) in [6.07, 6.45) is 3.53. The molecule has 2 aliphatic heterocycles. The Hall–Kier alpha value is -3.00. The lowest BCUT2D eigenvalue weighted by molar-refractivity contribution is -0.134. The maximum absolute atomic E-state index is 13.4. The lowest BCUT2D eigenvalue weighted by Crippen LogP contribution is -2.46. The number of rotatable bonds is 9. The zero-order valence-corrected chi connectivity index (χ0v) is 18.6. The number of carbonyl (C=O) groups excluding carboxylic acids is 2. The van der Waals surface area contributed by atoms with Crippen LogP contribution in [0.25, 0.3) is 0 Å². The monoisotopic (exact) mass is 442 g/mol. The molecule has 1 fully saturated rings. The predicted molar refractivity (Wildman–Crippen MR) is 116 cm³/mol. The molecule has 1 saturated heterocycles. The molecule has 172 valence electrons. The third-order valence-electron chi connectivity index (χ3n) is 5.55. The number of hydrogen-bond acceptors (Lipinski definition) is 6. The Morgan fingerprint density at radius 2 is 1.97 bits per heavy atom. The van der Waals surface area contributed by atoms with Crippen LogP contribution in [0.4, 0.5) is 0 Å². The van der Waals surface area contributed by atoms with E-state index >= 15 is 0 Å². The van der Waals surface area contributed by atoms with E-state index in [9.17, 15) is 9.59 Å². The van der Waals surface area contributed by atoms with Crippen molar-refractivity contribution in [3.05, 3.63) is 47.9 Å². The molecule has 4 rings (SSSR count). The smallest absolute Gasteiger partial charge is 0.254 e. The molecule has 2 aliphatic rings. The molecule has 3 heterocycles. The van der Waals surface area contributed by atoms with Gasteiger partial charge < -0.3 is 28.4 Å². The molecule has 0 unspecified atom stereocenters. The summed E-state index contributed by atoms with van der Waals surface area (Å²) >= 11 is 0. The van der Waals surface area contributed by atoms with Crippen molar-refractivity contribution in [3.8, 4) is 11.5 Å². The predicted octanol–water partition coefficient (Wildman–Crippen LogP) is 3.31. The van der Waals surface area contributed by atoms with Gasteiger partial charge in [-0.05, 0) is 49.1 Å². The number of amides is 2. The van der Waals surface area contributed by atoms with Crippen LogP contribution >= 0.6 is 0 Å². The van der Waals surface area contributed by atoms with Gasteiger partial charge in [0.1, 0.15) is 12.3 Å². The van der Waals surface area contributed by atoms with E-state index in [0.29, 0.717) is 42.5 Å². The average Bonchev–Trinajstić information content (AvgIpc) is 3.54. The Morgan fingerprint density at radius 1 is 1.12 bits per heavy atom. The average molecular weight is 443 g/mol. The molecule has 1 aromatic heterocycles. The van der Waals surface area contributed by atoms with Crippen molar-refractivity contribution >= 4 is 11.8 Å². The molecule has 0 bridgehead atoms. The van der Waals surface area contributed by atoms with Gasteiger partial charge in [-0.25, -0.2) is 0 Å². The number of nitrogens with zero attached hydrogens (tertiary/aromatic N) is 2. The zero-order chi connectivity index (χ0) is 22.5. The molecule has 8 nitrogen and oxygen atoms in total. The van der Waals surface area contributed by atoms with Crippen molar-refractivity contribution in [2.45, 2.75) is 39.3 Å². The van der Waals surface area contributed by atoms with Crippen LogP contribution in [-0.2, 0) is 16.1 Å². The van der Waals surface area contributed by atoms with Crippen LogP contribution in [0.3, 0.4) is 0 Å². The molecule has 0 aliphatic carbocycles. The van der Waals surface area contributed by atoms with E-state index in [1.54, 1.807) is 40.3 Å². The first-order valence-electron chi connectivity index (χ1n) is 11.1. The molecule has 0 N–H and O–H groups in total. The van der Waals surface area contributed by atoms with E-state index < -0.39 is 0 Å². The van der Waals surface area contributed by atoms with Crippen LogP contribution in [0.1, 0.15) is 42.8 Å². The van der Waals surface area contributed by atoms with Crippen LogP contribution in [-0.4, -0.2) is 60.8 Å². The fraction of sp³-hybridized carbons (Fsp3) is 0.500. The van der Waals surface area contributed by atoms with Crippen molar-refractivity contribution in [1.82, 2.24) is 9.80 Å². The maximum Gasteiger partial charge on any atom is 0.254 e. The molecule has 2 amide bonds. The Bertz CT molecular complexity index is 921. The highest BCUT2D eigenvalue weighted by atomic mass is 16.7. The van der Waals surface area contributed by atoms with Gasteiger partial charge in [0.25, 0.3) is 5.91 Å². The molecule has 32 heavy (non-hydrogen) atoms. The van der Waals surface area contributed by atoms with Crippen molar-refractivity contribution in [2.24, 2.45) is 5.92 Å². The molecule has 1 aromatic carbocycles. The van der Waals surface area contributed by atoms with Gasteiger partial charge in [0, 0.05) is 25.3 Å². The standard InChI is InChI=1S/C24H30N2O6/c1-17(2)12-26(24(28)18-7-8-21-22(11-18)32-16-31-21)15-23(27)25(13-19-5-3-9-29-19)14-20-6-4-10-30-20/h3,5,7-9,11,17,20H,4,6,10,12-16H2,1-2H3/t20-/m1/s1. The van der Waals surface area contributed by atoms with Crippen LogP contribution in [0.15, 0.2) is 41.0 Å². The van der Waals surface area contributed by atoms with Gasteiger partial charge >= 0.3 is 0 Å². The van der Waals surface area contributed by atoms with E-state index in [1.807, 2.05) is 19.9 Å². The van der Waals surface area contributed by atoms with Gasteiger partial charge in [0.15, 0.2) is 11.5 Å². The topological polar surface area (TPSA) is 81.5 Å². The SMILES string of the molecule is CC(C)CN(CC(=O)N(Cc1ccco1)C[C@H]1CCCO1)C(=O)c1ccc2c(c1)OCO2. The maximum atomic E-state index is 13.4. The summed E-state index contributed by atoms with van der Waals surface area (Å²) in [5, 5.41) is 0. The van der Waals surface area contributed by atoms with Gasteiger partial charge in [0.2, 0.25) is 12.7 Å². The number of benzene rings is 1. The van der Waals surface area contributed by atoms with Gasteiger partial charge in [0.05, 0.1) is 18.9 Å². The second kappa shape index (κ2) is 10.1. The van der Waals surface area contributed by atoms with E-state index in [0.717, 1.165) is 19.4 Å². The lowest BCUT2D eigenvalue weighted by atomic mass is 10.1. The van der Waals surface area contributed by atoms with E-state index in [1.165, 1.54) is 0 Å². The zero-order valence-electron chi connectivity index (χ0n) is 18.6. The first-order chi connectivity index (χ1) is 15.5. The highest BCUT2D eigenvalue weighted by molar-refractivity contribution is 5.97. The second-order valence-corrected chi connectivity index (χ2v) is 8.64. The molecule has 0 saturated carbocycles. The van der Waals surface area contributed by atoms with Gasteiger partial charge in [-0.1, -0.05) is 13.8 Å². The minimum Gasteiger partial charge on any atom is -0.467 e. The summed E-state index contributed by atoms with van der Waals surface area (Å²) in [5.74, 6) is 1.73. The molecule has 8 heteroatoms. The van der Waals surface area contributed by atoms with E-state index in [-0.39, 0.29) is 37.2 Å². The summed E-state index contributed by atoms with van der Waals surface area (Å²) < 4.78 is 22.0. The fourth-order valence-electron chi connectivity index (χ4n) is 4.01. The summed E-state index contributed by atoms with van der Waals surface area (Å²) in [5.41, 5.74) is 0.472. The van der Waals surface area contributed by atoms with Gasteiger partial charge in [-0.3, -0.25) is 9.59 Å². The first kappa shape index (κ1) is 22.2. The van der Waals surface area contributed by atoms with Crippen LogP contribution in [0, 0.1) is 5.92 Å². The summed E-state index contributed by atoms with van der Waals surface area (Å²) in [7, 11) is 0. The molecule has 0 radical (unpaired) electrons. The minimum atomic E-state index is -0.208. The Labute approximate surface area is 188 Å². The highest BCUT2D eigenvalue weighted by Gasteiger charge is 2.28. The van der Waals surface area contributed by atoms with Gasteiger partial charge in [-0.15, -0.1) is 0 Å². The molecule has 0 spiro atoms. The Balaban J connectivity index is 1.49. The van der Waals surface area contributed by atoms with Crippen molar-refractivity contribution in [2.75, 3.05) is 33.0 Å². The van der Waals surface area contributed by atoms with Crippen LogP contribution < -0.4 is 9.47 Å². The normalized spacial score (nSPS) is 17.0. The Morgan fingerprint density at radius 3 is 2.69 bits per heavy atom. The minimum absolute atomic E-state index is 0.0111. The summed E-state index contributed by atoms with van der Waals surface area (Å²) in [6, 6.07) is 8.76. The molecular weight excluding hydrogens is 412 g/mol. The Kier molecular flexibility index (Phi) is 6.99. The highest BCUT2D eigenvalue weighted by Crippen LogP contribution is 2.33. The number of hydrogen-bond donors (Lipinski definition) is 0. The number of furan rings is 1. The summed E-state index contributed by atoms with van der Waals surface area (Å²) in [6.45, 7) is 6.19. The number of ether oxygens (including phenoxy) is 3. The van der Waals surface area contributed by atoms with E-state index in [2.05, 4.69) is 0 Å². The lowest BCUT2D eigenvalue weighted by Gasteiger charge is -2.29. The third kappa shape index (κ3) is 5.43. The van der Waals surface area contributed by atoms with Crippen LogP contribution in [0.5, 0.6) is 11.5 Å². The van der Waals surface area contributed by atoms with Crippen LogP contribution in [0.2, 0.25) is 0 Å². The fourth-order valence-corrected chi connectivity index (χ4v) is 4.01.